The summed E-state index contributed by atoms with van der Waals surface area (Å²) in [6.45, 7) is 10.9. The first-order valence-corrected chi connectivity index (χ1v) is 7.17. The first-order valence-electron chi connectivity index (χ1n) is 7.17. The molecule has 0 aromatic heterocycles. The summed E-state index contributed by atoms with van der Waals surface area (Å²) >= 11 is 0. The van der Waals surface area contributed by atoms with Crippen LogP contribution in [-0.2, 0) is 4.79 Å². The quantitative estimate of drug-likeness (QED) is 0.810. The molecule has 0 spiro atoms. The lowest BCUT2D eigenvalue weighted by atomic mass is 9.68. The summed E-state index contributed by atoms with van der Waals surface area (Å²) in [7, 11) is 0. The summed E-state index contributed by atoms with van der Waals surface area (Å²) in [5.41, 5.74) is 0.653. The van der Waals surface area contributed by atoms with Gasteiger partial charge in [-0.25, -0.2) is 0 Å². The van der Waals surface area contributed by atoms with Gasteiger partial charge in [-0.15, -0.1) is 0 Å². The van der Waals surface area contributed by atoms with Crippen molar-refractivity contribution in [3.8, 4) is 0 Å². The molecule has 2 saturated carbocycles. The Morgan fingerprint density at radius 2 is 1.94 bits per heavy atom. The highest BCUT2D eigenvalue weighted by atomic mass is 16.4. The van der Waals surface area contributed by atoms with E-state index in [1.165, 1.54) is 19.3 Å². The van der Waals surface area contributed by atoms with E-state index >= 15 is 0 Å². The lowest BCUT2D eigenvalue weighted by molar-refractivity contribution is -0.142. The van der Waals surface area contributed by atoms with Crippen molar-refractivity contribution >= 4 is 5.97 Å². The van der Waals surface area contributed by atoms with Gasteiger partial charge in [0.15, 0.2) is 0 Å². The molecule has 104 valence electrons. The molecule has 2 bridgehead atoms. The molecule has 0 radical (unpaired) electrons. The molecule has 0 aromatic rings. The largest absolute Gasteiger partial charge is 0.481 e. The van der Waals surface area contributed by atoms with Crippen LogP contribution in [0.5, 0.6) is 0 Å². The molecule has 0 aliphatic heterocycles. The third-order valence-corrected chi connectivity index (χ3v) is 5.84. The number of aliphatic carboxylic acids is 1. The van der Waals surface area contributed by atoms with Crippen LogP contribution in [0.3, 0.4) is 0 Å². The average molecular weight is 253 g/mol. The Labute approximate surface area is 110 Å². The van der Waals surface area contributed by atoms with Crippen LogP contribution in [-0.4, -0.2) is 23.2 Å². The molecule has 0 heterocycles. The van der Waals surface area contributed by atoms with Crippen molar-refractivity contribution in [2.45, 2.75) is 66.0 Å². The SMILES string of the molecule is CC(NC1C2(C)CCC(C2)C1(C)C)C(C)C(=O)O. The number of rotatable bonds is 4. The monoisotopic (exact) mass is 253 g/mol. The smallest absolute Gasteiger partial charge is 0.307 e. The first-order chi connectivity index (χ1) is 8.18. The summed E-state index contributed by atoms with van der Waals surface area (Å²) in [6, 6.07) is 0.475. The Morgan fingerprint density at radius 1 is 1.33 bits per heavy atom. The zero-order valence-corrected chi connectivity index (χ0v) is 12.3. The maximum absolute atomic E-state index is 11.1. The van der Waals surface area contributed by atoms with Crippen molar-refractivity contribution in [2.75, 3.05) is 0 Å². The first kappa shape index (κ1) is 13.9. The van der Waals surface area contributed by atoms with Crippen LogP contribution in [0.4, 0.5) is 0 Å². The summed E-state index contributed by atoms with van der Waals surface area (Å²) in [4.78, 5) is 11.1. The number of hydrogen-bond acceptors (Lipinski definition) is 2. The van der Waals surface area contributed by atoms with Gasteiger partial charge in [0, 0.05) is 12.1 Å². The highest BCUT2D eigenvalue weighted by Gasteiger charge is 2.59. The highest BCUT2D eigenvalue weighted by Crippen LogP contribution is 2.62. The molecule has 2 fully saturated rings. The fraction of sp³-hybridized carbons (Fsp3) is 0.933. The fourth-order valence-electron chi connectivity index (χ4n) is 4.34. The topological polar surface area (TPSA) is 49.3 Å². The number of fused-ring (bicyclic) bond motifs is 2. The van der Waals surface area contributed by atoms with Crippen molar-refractivity contribution in [1.29, 1.82) is 0 Å². The van der Waals surface area contributed by atoms with E-state index in [4.69, 9.17) is 5.11 Å². The van der Waals surface area contributed by atoms with Gasteiger partial charge in [-0.05, 0) is 42.9 Å². The number of carbonyl (C=O) groups is 1. The van der Waals surface area contributed by atoms with Gasteiger partial charge < -0.3 is 10.4 Å². The molecule has 0 amide bonds. The Hall–Kier alpha value is -0.570. The number of carboxylic acids is 1. The lowest BCUT2D eigenvalue weighted by Gasteiger charge is -2.45. The summed E-state index contributed by atoms with van der Waals surface area (Å²) < 4.78 is 0. The maximum atomic E-state index is 11.1. The second-order valence-corrected chi connectivity index (χ2v) is 7.43. The molecule has 0 aromatic carbocycles. The van der Waals surface area contributed by atoms with Gasteiger partial charge in [0.1, 0.15) is 0 Å². The average Bonchev–Trinajstić information content (AvgIpc) is 2.74. The summed E-state index contributed by atoms with van der Waals surface area (Å²) in [5.74, 6) is -0.239. The Bertz CT molecular complexity index is 348. The minimum Gasteiger partial charge on any atom is -0.481 e. The van der Waals surface area contributed by atoms with E-state index in [-0.39, 0.29) is 12.0 Å². The predicted molar refractivity (Wildman–Crippen MR) is 72.4 cm³/mol. The molecule has 3 nitrogen and oxygen atoms in total. The minimum atomic E-state index is -0.707. The van der Waals surface area contributed by atoms with Crippen LogP contribution >= 0.6 is 0 Å². The van der Waals surface area contributed by atoms with Crippen molar-refractivity contribution in [3.05, 3.63) is 0 Å². The van der Waals surface area contributed by atoms with Gasteiger partial charge in [0.05, 0.1) is 5.92 Å². The molecule has 2 aliphatic rings. The van der Waals surface area contributed by atoms with Gasteiger partial charge in [0.25, 0.3) is 0 Å². The van der Waals surface area contributed by atoms with Gasteiger partial charge in [-0.3, -0.25) is 4.79 Å². The molecular formula is C15H27NO2. The van der Waals surface area contributed by atoms with Crippen molar-refractivity contribution < 1.29 is 9.90 Å². The second-order valence-electron chi connectivity index (χ2n) is 7.43. The van der Waals surface area contributed by atoms with Crippen LogP contribution in [0, 0.1) is 22.7 Å². The van der Waals surface area contributed by atoms with Crippen molar-refractivity contribution in [1.82, 2.24) is 5.32 Å². The van der Waals surface area contributed by atoms with Crippen LogP contribution in [0.1, 0.15) is 53.9 Å². The minimum absolute atomic E-state index is 0.0305. The maximum Gasteiger partial charge on any atom is 0.307 e. The predicted octanol–water partition coefficient (Wildman–Crippen LogP) is 2.90. The van der Waals surface area contributed by atoms with E-state index in [2.05, 4.69) is 26.1 Å². The van der Waals surface area contributed by atoms with Gasteiger partial charge in [0.2, 0.25) is 0 Å². The zero-order chi connectivity index (χ0) is 13.7. The highest BCUT2D eigenvalue weighted by molar-refractivity contribution is 5.70. The standard InChI is InChI=1S/C15H27NO2/c1-9(12(17)18)10(2)16-13-14(3,4)11-6-7-15(13,5)8-11/h9-11,13,16H,6-8H2,1-5H3,(H,17,18). The Kier molecular flexibility index (Phi) is 3.25. The summed E-state index contributed by atoms with van der Waals surface area (Å²) in [6.07, 6.45) is 3.92. The van der Waals surface area contributed by atoms with E-state index in [0.717, 1.165) is 5.92 Å². The van der Waals surface area contributed by atoms with E-state index in [1.54, 1.807) is 6.92 Å². The van der Waals surface area contributed by atoms with Crippen LogP contribution in [0.25, 0.3) is 0 Å². The zero-order valence-electron chi connectivity index (χ0n) is 12.3. The normalized spacial score (nSPS) is 40.7. The van der Waals surface area contributed by atoms with Gasteiger partial charge >= 0.3 is 5.97 Å². The van der Waals surface area contributed by atoms with E-state index in [1.807, 2.05) is 6.92 Å². The number of nitrogens with one attached hydrogen (secondary N) is 1. The van der Waals surface area contributed by atoms with Gasteiger partial charge in [-0.2, -0.15) is 0 Å². The fourth-order valence-corrected chi connectivity index (χ4v) is 4.34. The third kappa shape index (κ3) is 1.97. The van der Waals surface area contributed by atoms with Crippen LogP contribution in [0.2, 0.25) is 0 Å². The molecule has 2 N–H and O–H groups in total. The van der Waals surface area contributed by atoms with E-state index in [9.17, 15) is 4.79 Å². The van der Waals surface area contributed by atoms with Crippen molar-refractivity contribution in [2.24, 2.45) is 22.7 Å². The second kappa shape index (κ2) is 4.22. The van der Waals surface area contributed by atoms with Crippen molar-refractivity contribution in [3.63, 3.8) is 0 Å². The molecule has 5 atom stereocenters. The van der Waals surface area contributed by atoms with Crippen LogP contribution < -0.4 is 5.32 Å². The van der Waals surface area contributed by atoms with Gasteiger partial charge in [-0.1, -0.05) is 27.7 Å². The molecule has 5 unspecified atom stereocenters. The number of carboxylic acid groups (broad SMARTS) is 1. The lowest BCUT2D eigenvalue weighted by Crippen LogP contribution is -2.55. The van der Waals surface area contributed by atoms with E-state index < -0.39 is 5.97 Å². The summed E-state index contributed by atoms with van der Waals surface area (Å²) in [5, 5.41) is 12.8. The van der Waals surface area contributed by atoms with Crippen LogP contribution in [0.15, 0.2) is 0 Å². The number of hydrogen-bond donors (Lipinski definition) is 2. The molecule has 2 aliphatic carbocycles. The van der Waals surface area contributed by atoms with E-state index in [0.29, 0.717) is 16.9 Å². The molecule has 18 heavy (non-hydrogen) atoms. The molecule has 3 heteroatoms. The molecule has 0 saturated heterocycles. The third-order valence-electron chi connectivity index (χ3n) is 5.84. The Balaban J connectivity index is 2.11. The molecule has 2 rings (SSSR count). The molecular weight excluding hydrogens is 226 g/mol. The Morgan fingerprint density at radius 3 is 2.39 bits per heavy atom.